The predicted octanol–water partition coefficient (Wildman–Crippen LogP) is 4.69. The van der Waals surface area contributed by atoms with E-state index < -0.39 is 0 Å². The first-order valence-electron chi connectivity index (χ1n) is 7.57. The zero-order valence-corrected chi connectivity index (χ0v) is 14.6. The molecule has 0 saturated heterocycles. The molecular formula is C19H18N2O2S. The second-order valence-electron chi connectivity index (χ2n) is 5.43. The zero-order valence-electron chi connectivity index (χ0n) is 13.8. The number of carbonyl (C=O) groups excluding carboxylic acids is 1. The summed E-state index contributed by atoms with van der Waals surface area (Å²) < 4.78 is 5.30. The van der Waals surface area contributed by atoms with Gasteiger partial charge in [0.15, 0.2) is 5.13 Å². The lowest BCUT2D eigenvalue weighted by Gasteiger charge is -2.06. The molecule has 0 atom stereocenters. The average Bonchev–Trinajstić information content (AvgIpc) is 2.96. The summed E-state index contributed by atoms with van der Waals surface area (Å²) in [5, 5.41) is 3.47. The van der Waals surface area contributed by atoms with Crippen LogP contribution in [-0.2, 0) is 0 Å². The van der Waals surface area contributed by atoms with Gasteiger partial charge in [0, 0.05) is 16.0 Å². The van der Waals surface area contributed by atoms with Crippen molar-refractivity contribution in [3.05, 3.63) is 64.5 Å². The second-order valence-corrected chi connectivity index (χ2v) is 6.63. The molecule has 2 aromatic carbocycles. The molecule has 5 heteroatoms. The van der Waals surface area contributed by atoms with Crippen LogP contribution in [-0.4, -0.2) is 18.0 Å². The Bertz CT molecular complexity index is 872. The highest BCUT2D eigenvalue weighted by Gasteiger charge is 2.14. The first kappa shape index (κ1) is 16.2. The maximum atomic E-state index is 12.2. The van der Waals surface area contributed by atoms with Gasteiger partial charge in [0.2, 0.25) is 0 Å². The second kappa shape index (κ2) is 6.84. The highest BCUT2D eigenvalue weighted by atomic mass is 32.1. The first-order chi connectivity index (χ1) is 11.6. The third kappa shape index (κ3) is 3.31. The van der Waals surface area contributed by atoms with Crippen molar-refractivity contribution in [2.24, 2.45) is 0 Å². The third-order valence-electron chi connectivity index (χ3n) is 3.72. The number of nitrogens with zero attached hydrogens (tertiary/aromatic N) is 1. The summed E-state index contributed by atoms with van der Waals surface area (Å²) in [6.45, 7) is 4.01. The van der Waals surface area contributed by atoms with Crippen LogP contribution in [0.2, 0.25) is 0 Å². The number of nitrogens with one attached hydrogen (secondary N) is 1. The SMILES string of the molecule is COc1ccc(-c2nc(NC(=O)c3ccccc3)sc2C)cc1C. The van der Waals surface area contributed by atoms with Gasteiger partial charge in [-0.05, 0) is 49.7 Å². The van der Waals surface area contributed by atoms with E-state index in [9.17, 15) is 4.79 Å². The van der Waals surface area contributed by atoms with Gasteiger partial charge in [0.25, 0.3) is 5.91 Å². The number of anilines is 1. The number of rotatable bonds is 4. The van der Waals surface area contributed by atoms with Gasteiger partial charge in [-0.2, -0.15) is 0 Å². The molecule has 4 nitrogen and oxygen atoms in total. The van der Waals surface area contributed by atoms with Crippen LogP contribution in [0.15, 0.2) is 48.5 Å². The van der Waals surface area contributed by atoms with Crippen molar-refractivity contribution in [1.29, 1.82) is 0 Å². The maximum Gasteiger partial charge on any atom is 0.257 e. The molecule has 0 spiro atoms. The molecule has 0 aliphatic carbocycles. The summed E-state index contributed by atoms with van der Waals surface area (Å²) in [5.41, 5.74) is 3.57. The molecule has 1 amide bonds. The van der Waals surface area contributed by atoms with Crippen molar-refractivity contribution in [3.8, 4) is 17.0 Å². The van der Waals surface area contributed by atoms with Crippen molar-refractivity contribution in [2.75, 3.05) is 12.4 Å². The molecular weight excluding hydrogens is 320 g/mol. The van der Waals surface area contributed by atoms with Crippen LogP contribution in [0.25, 0.3) is 11.3 Å². The lowest BCUT2D eigenvalue weighted by molar-refractivity contribution is 0.102. The van der Waals surface area contributed by atoms with E-state index in [2.05, 4.69) is 10.3 Å². The largest absolute Gasteiger partial charge is 0.496 e. The molecule has 122 valence electrons. The van der Waals surface area contributed by atoms with Gasteiger partial charge < -0.3 is 4.74 Å². The number of hydrogen-bond acceptors (Lipinski definition) is 4. The van der Waals surface area contributed by atoms with Crippen LogP contribution < -0.4 is 10.1 Å². The van der Waals surface area contributed by atoms with Crippen molar-refractivity contribution in [1.82, 2.24) is 4.98 Å². The molecule has 0 aliphatic heterocycles. The fraction of sp³-hybridized carbons (Fsp3) is 0.158. The van der Waals surface area contributed by atoms with Crippen molar-refractivity contribution >= 4 is 22.4 Å². The van der Waals surface area contributed by atoms with E-state index in [1.54, 1.807) is 19.2 Å². The number of thiazole rings is 1. The Balaban J connectivity index is 1.85. The molecule has 3 rings (SSSR count). The fourth-order valence-corrected chi connectivity index (χ4v) is 3.33. The van der Waals surface area contributed by atoms with Gasteiger partial charge in [-0.1, -0.05) is 18.2 Å². The molecule has 1 N–H and O–H groups in total. The minimum atomic E-state index is -0.151. The molecule has 0 bridgehead atoms. The summed E-state index contributed by atoms with van der Waals surface area (Å²) in [6, 6.07) is 15.1. The highest BCUT2D eigenvalue weighted by Crippen LogP contribution is 2.32. The number of amides is 1. The predicted molar refractivity (Wildman–Crippen MR) is 98.0 cm³/mol. The minimum Gasteiger partial charge on any atom is -0.496 e. The Morgan fingerprint density at radius 3 is 2.54 bits per heavy atom. The fourth-order valence-electron chi connectivity index (χ4n) is 2.50. The standard InChI is InChI=1S/C19H18N2O2S/c1-12-11-15(9-10-16(12)23-3)17-13(2)24-19(20-17)21-18(22)14-7-5-4-6-8-14/h4-11H,1-3H3,(H,20,21,22). The van der Waals surface area contributed by atoms with E-state index in [0.717, 1.165) is 27.4 Å². The number of methoxy groups -OCH3 is 1. The quantitative estimate of drug-likeness (QED) is 0.751. The maximum absolute atomic E-state index is 12.2. The Morgan fingerprint density at radius 1 is 1.12 bits per heavy atom. The number of aryl methyl sites for hydroxylation is 2. The van der Waals surface area contributed by atoms with Crippen molar-refractivity contribution in [3.63, 3.8) is 0 Å². The average molecular weight is 338 g/mol. The number of aromatic nitrogens is 1. The number of benzene rings is 2. The lowest BCUT2D eigenvalue weighted by Crippen LogP contribution is -2.11. The summed E-state index contributed by atoms with van der Waals surface area (Å²) in [7, 11) is 1.66. The number of ether oxygens (including phenoxy) is 1. The Hall–Kier alpha value is -2.66. The van der Waals surface area contributed by atoms with E-state index in [0.29, 0.717) is 10.7 Å². The molecule has 0 aliphatic rings. The molecule has 3 aromatic rings. The highest BCUT2D eigenvalue weighted by molar-refractivity contribution is 7.16. The molecule has 24 heavy (non-hydrogen) atoms. The zero-order chi connectivity index (χ0) is 17.1. The van der Waals surface area contributed by atoms with Crippen molar-refractivity contribution in [2.45, 2.75) is 13.8 Å². The molecule has 0 fully saturated rings. The van der Waals surface area contributed by atoms with Gasteiger partial charge in [0.1, 0.15) is 5.75 Å². The van der Waals surface area contributed by atoms with Crippen LogP contribution >= 0.6 is 11.3 Å². The van der Waals surface area contributed by atoms with E-state index in [4.69, 9.17) is 4.74 Å². The molecule has 1 heterocycles. The van der Waals surface area contributed by atoms with Gasteiger partial charge in [-0.3, -0.25) is 10.1 Å². The van der Waals surface area contributed by atoms with Gasteiger partial charge in [-0.25, -0.2) is 4.98 Å². The van der Waals surface area contributed by atoms with Crippen LogP contribution in [0.3, 0.4) is 0 Å². The topological polar surface area (TPSA) is 51.2 Å². The van der Waals surface area contributed by atoms with Crippen molar-refractivity contribution < 1.29 is 9.53 Å². The lowest BCUT2D eigenvalue weighted by atomic mass is 10.1. The van der Waals surface area contributed by atoms with Gasteiger partial charge >= 0.3 is 0 Å². The van der Waals surface area contributed by atoms with Crippen LogP contribution in [0.5, 0.6) is 5.75 Å². The van der Waals surface area contributed by atoms with Gasteiger partial charge in [-0.15, -0.1) is 11.3 Å². The van der Waals surface area contributed by atoms with Crippen LogP contribution in [0.4, 0.5) is 5.13 Å². The summed E-state index contributed by atoms with van der Waals surface area (Å²) in [6.07, 6.45) is 0. The Labute approximate surface area is 145 Å². The Morgan fingerprint density at radius 2 is 1.88 bits per heavy atom. The summed E-state index contributed by atoms with van der Waals surface area (Å²) in [5.74, 6) is 0.700. The normalized spacial score (nSPS) is 10.5. The van der Waals surface area contributed by atoms with E-state index in [1.165, 1.54) is 11.3 Å². The third-order valence-corrected chi connectivity index (χ3v) is 4.61. The smallest absolute Gasteiger partial charge is 0.257 e. The molecule has 0 unspecified atom stereocenters. The van der Waals surface area contributed by atoms with E-state index in [-0.39, 0.29) is 5.91 Å². The first-order valence-corrected chi connectivity index (χ1v) is 8.39. The van der Waals surface area contributed by atoms with Crippen LogP contribution in [0.1, 0.15) is 20.8 Å². The Kier molecular flexibility index (Phi) is 4.62. The molecule has 0 radical (unpaired) electrons. The number of hydrogen-bond donors (Lipinski definition) is 1. The number of carbonyl (C=O) groups is 1. The monoisotopic (exact) mass is 338 g/mol. The van der Waals surface area contributed by atoms with E-state index in [1.807, 2.05) is 50.2 Å². The summed E-state index contributed by atoms with van der Waals surface area (Å²) >= 11 is 1.47. The minimum absolute atomic E-state index is 0.151. The van der Waals surface area contributed by atoms with E-state index >= 15 is 0 Å². The van der Waals surface area contributed by atoms with Gasteiger partial charge in [0.05, 0.1) is 12.8 Å². The van der Waals surface area contributed by atoms with Crippen LogP contribution in [0, 0.1) is 13.8 Å². The summed E-state index contributed by atoms with van der Waals surface area (Å²) in [4.78, 5) is 17.9. The molecule has 0 saturated carbocycles. The molecule has 1 aromatic heterocycles.